The molecule has 0 bridgehead atoms. The third kappa shape index (κ3) is 2.76. The van der Waals surface area contributed by atoms with Gasteiger partial charge >= 0.3 is 0 Å². The number of hydrogen-bond acceptors (Lipinski definition) is 2. The van der Waals surface area contributed by atoms with Crippen molar-refractivity contribution >= 4 is 5.69 Å². The van der Waals surface area contributed by atoms with Crippen LogP contribution in [0.1, 0.15) is 18.9 Å². The summed E-state index contributed by atoms with van der Waals surface area (Å²) in [5, 5.41) is 9.01. The highest BCUT2D eigenvalue weighted by Crippen LogP contribution is 2.29. The maximum atomic E-state index is 9.01. The first-order chi connectivity index (χ1) is 8.11. The fraction of sp³-hybridized carbons (Fsp3) is 0.267. The van der Waals surface area contributed by atoms with Gasteiger partial charge in [0.2, 0.25) is 0 Å². The van der Waals surface area contributed by atoms with E-state index >= 15 is 0 Å². The van der Waals surface area contributed by atoms with Crippen LogP contribution >= 0.6 is 0 Å². The van der Waals surface area contributed by atoms with Crippen LogP contribution < -0.4 is 5.73 Å². The summed E-state index contributed by atoms with van der Waals surface area (Å²) in [6.45, 7) is 1.96. The zero-order chi connectivity index (χ0) is 12.3. The zero-order valence-electron chi connectivity index (χ0n) is 9.98. The van der Waals surface area contributed by atoms with E-state index in [1.807, 2.05) is 37.3 Å². The molecule has 1 aromatic carbocycles. The molecule has 1 aromatic rings. The van der Waals surface area contributed by atoms with Gasteiger partial charge in [-0.25, -0.2) is 0 Å². The summed E-state index contributed by atoms with van der Waals surface area (Å²) in [5.41, 5.74) is 8.62. The van der Waals surface area contributed by atoms with Crippen molar-refractivity contribution in [2.24, 2.45) is 5.41 Å². The van der Waals surface area contributed by atoms with E-state index in [0.29, 0.717) is 0 Å². The molecule has 17 heavy (non-hydrogen) atoms. The topological polar surface area (TPSA) is 49.8 Å². The van der Waals surface area contributed by atoms with E-state index in [1.165, 1.54) is 11.1 Å². The highest BCUT2D eigenvalue weighted by atomic mass is 14.5. The maximum Gasteiger partial charge on any atom is 0.0763 e. The number of anilines is 1. The third-order valence-electron chi connectivity index (χ3n) is 3.10. The van der Waals surface area contributed by atoms with E-state index in [1.54, 1.807) is 0 Å². The Bertz CT molecular complexity index is 503. The SMILES string of the molecule is CC1(C#N)C=CC(Cc2ccc(N)cc2)=CC1. The third-order valence-corrected chi connectivity index (χ3v) is 3.10. The number of hydrogen-bond donors (Lipinski definition) is 1. The number of nitriles is 1. The Labute approximate surface area is 102 Å². The Morgan fingerprint density at radius 2 is 2.06 bits per heavy atom. The molecule has 1 aliphatic rings. The Morgan fingerprint density at radius 3 is 2.59 bits per heavy atom. The van der Waals surface area contributed by atoms with Crippen LogP contribution in [0, 0.1) is 16.7 Å². The second-order valence-corrected chi connectivity index (χ2v) is 4.76. The normalized spacial score (nSPS) is 22.9. The van der Waals surface area contributed by atoms with E-state index < -0.39 is 0 Å². The number of nitrogen functional groups attached to an aromatic ring is 1. The molecule has 0 radical (unpaired) electrons. The molecular formula is C15H16N2. The minimum Gasteiger partial charge on any atom is -0.399 e. The van der Waals surface area contributed by atoms with Gasteiger partial charge in [0.1, 0.15) is 0 Å². The lowest BCUT2D eigenvalue weighted by atomic mass is 9.82. The molecule has 2 nitrogen and oxygen atoms in total. The second kappa shape index (κ2) is 4.47. The molecule has 1 unspecified atom stereocenters. The fourth-order valence-electron chi connectivity index (χ4n) is 1.86. The average Bonchev–Trinajstić information content (AvgIpc) is 2.35. The molecule has 0 spiro atoms. The Kier molecular flexibility index (Phi) is 3.01. The van der Waals surface area contributed by atoms with Crippen LogP contribution in [0.5, 0.6) is 0 Å². The molecule has 0 amide bonds. The van der Waals surface area contributed by atoms with Gasteiger partial charge in [0, 0.05) is 5.69 Å². The molecule has 1 aliphatic carbocycles. The predicted molar refractivity (Wildman–Crippen MR) is 70.1 cm³/mol. The van der Waals surface area contributed by atoms with Gasteiger partial charge < -0.3 is 5.73 Å². The number of nitrogens with zero attached hydrogens (tertiary/aromatic N) is 1. The Morgan fingerprint density at radius 1 is 1.35 bits per heavy atom. The van der Waals surface area contributed by atoms with Gasteiger partial charge in [-0.2, -0.15) is 5.26 Å². The molecule has 1 atom stereocenters. The number of nitrogens with two attached hydrogens (primary N) is 1. The minimum atomic E-state index is -0.329. The molecule has 86 valence electrons. The monoisotopic (exact) mass is 224 g/mol. The van der Waals surface area contributed by atoms with Crippen LogP contribution in [0.3, 0.4) is 0 Å². The smallest absolute Gasteiger partial charge is 0.0763 e. The maximum absolute atomic E-state index is 9.01. The first kappa shape index (κ1) is 11.5. The van der Waals surface area contributed by atoms with Crippen molar-refractivity contribution in [2.45, 2.75) is 19.8 Å². The lowest BCUT2D eigenvalue weighted by molar-refractivity contribution is 0.568. The summed E-state index contributed by atoms with van der Waals surface area (Å²) >= 11 is 0. The van der Waals surface area contributed by atoms with Gasteiger partial charge in [-0.15, -0.1) is 0 Å². The van der Waals surface area contributed by atoms with Crippen molar-refractivity contribution in [3.8, 4) is 6.07 Å². The number of benzene rings is 1. The highest BCUT2D eigenvalue weighted by Gasteiger charge is 2.21. The highest BCUT2D eigenvalue weighted by molar-refractivity contribution is 5.41. The molecular weight excluding hydrogens is 208 g/mol. The number of rotatable bonds is 2. The first-order valence-corrected chi connectivity index (χ1v) is 5.75. The minimum absolute atomic E-state index is 0.329. The molecule has 0 heterocycles. The van der Waals surface area contributed by atoms with E-state index in [2.05, 4.69) is 18.2 Å². The first-order valence-electron chi connectivity index (χ1n) is 5.75. The van der Waals surface area contributed by atoms with Crippen molar-refractivity contribution in [1.82, 2.24) is 0 Å². The van der Waals surface area contributed by atoms with Crippen molar-refractivity contribution in [2.75, 3.05) is 5.73 Å². The van der Waals surface area contributed by atoms with Gasteiger partial charge in [0.15, 0.2) is 0 Å². The van der Waals surface area contributed by atoms with Gasteiger partial charge in [-0.3, -0.25) is 0 Å². The molecule has 0 aromatic heterocycles. The van der Waals surface area contributed by atoms with E-state index in [0.717, 1.165) is 18.5 Å². The van der Waals surface area contributed by atoms with Crippen LogP contribution in [-0.4, -0.2) is 0 Å². The van der Waals surface area contributed by atoms with E-state index in [9.17, 15) is 0 Å². The van der Waals surface area contributed by atoms with Crippen LogP contribution in [0.25, 0.3) is 0 Å². The van der Waals surface area contributed by atoms with Crippen molar-refractivity contribution in [3.63, 3.8) is 0 Å². The van der Waals surface area contributed by atoms with Crippen molar-refractivity contribution < 1.29 is 0 Å². The van der Waals surface area contributed by atoms with Crippen LogP contribution in [0.2, 0.25) is 0 Å². The molecule has 2 rings (SSSR count). The van der Waals surface area contributed by atoms with E-state index in [4.69, 9.17) is 11.0 Å². The number of allylic oxidation sites excluding steroid dienone is 4. The Hall–Kier alpha value is -2.01. The summed E-state index contributed by atoms with van der Waals surface area (Å²) in [6, 6.07) is 10.2. The predicted octanol–water partition coefficient (Wildman–Crippen LogP) is 3.23. The molecule has 0 saturated heterocycles. The fourth-order valence-corrected chi connectivity index (χ4v) is 1.86. The molecule has 0 fully saturated rings. The van der Waals surface area contributed by atoms with E-state index in [-0.39, 0.29) is 5.41 Å². The van der Waals surface area contributed by atoms with Crippen molar-refractivity contribution in [3.05, 3.63) is 53.6 Å². The van der Waals surface area contributed by atoms with Crippen LogP contribution in [0.15, 0.2) is 48.1 Å². The summed E-state index contributed by atoms with van der Waals surface area (Å²) in [7, 11) is 0. The lowest BCUT2D eigenvalue weighted by Gasteiger charge is -2.19. The second-order valence-electron chi connectivity index (χ2n) is 4.76. The summed E-state index contributed by atoms with van der Waals surface area (Å²) < 4.78 is 0. The molecule has 0 aliphatic heterocycles. The molecule has 0 saturated carbocycles. The standard InChI is InChI=1S/C15H16N2/c1-15(11-16)8-6-13(7-9-15)10-12-2-4-14(17)5-3-12/h2-8H,9-10,17H2,1H3. The zero-order valence-corrected chi connectivity index (χ0v) is 9.98. The largest absolute Gasteiger partial charge is 0.399 e. The van der Waals surface area contributed by atoms with Gasteiger partial charge in [0.25, 0.3) is 0 Å². The van der Waals surface area contributed by atoms with Crippen molar-refractivity contribution in [1.29, 1.82) is 5.26 Å². The van der Waals surface area contributed by atoms with Crippen LogP contribution in [0.4, 0.5) is 5.69 Å². The summed E-state index contributed by atoms with van der Waals surface area (Å²) in [6.07, 6.45) is 7.91. The van der Waals surface area contributed by atoms with Gasteiger partial charge in [0.05, 0.1) is 11.5 Å². The lowest BCUT2D eigenvalue weighted by Crippen LogP contribution is -2.12. The molecule has 2 N–H and O–H groups in total. The van der Waals surface area contributed by atoms with Gasteiger partial charge in [-0.1, -0.05) is 30.4 Å². The molecule has 2 heteroatoms. The average molecular weight is 224 g/mol. The quantitative estimate of drug-likeness (QED) is 0.784. The van der Waals surface area contributed by atoms with Gasteiger partial charge in [-0.05, 0) is 43.0 Å². The summed E-state index contributed by atoms with van der Waals surface area (Å²) in [5.74, 6) is 0. The summed E-state index contributed by atoms with van der Waals surface area (Å²) in [4.78, 5) is 0. The van der Waals surface area contributed by atoms with Crippen LogP contribution in [-0.2, 0) is 6.42 Å². The Balaban J connectivity index is 2.06.